The molecule has 0 aliphatic rings. The summed E-state index contributed by atoms with van der Waals surface area (Å²) < 4.78 is 4.15. The Kier molecular flexibility index (Phi) is 5.44. The first-order valence-electron chi connectivity index (χ1n) is 8.39. The Balaban J connectivity index is 0.000000349. The van der Waals surface area contributed by atoms with E-state index in [1.807, 2.05) is 60.7 Å². The van der Waals surface area contributed by atoms with Crippen LogP contribution in [0.25, 0.3) is 21.7 Å². The minimum absolute atomic E-state index is 0.0539. The molecule has 4 rings (SSSR count). The first-order valence-corrected chi connectivity index (χ1v) is 8.39. The van der Waals surface area contributed by atoms with Crippen LogP contribution >= 0.6 is 0 Å². The molecule has 1 N–H and O–H groups in total. The molecule has 26 heavy (non-hydrogen) atoms. The van der Waals surface area contributed by atoms with Gasteiger partial charge in [0, 0.05) is 28.2 Å². The molecule has 1 heterocycles. The summed E-state index contributed by atoms with van der Waals surface area (Å²) in [5.41, 5.74) is 2.43. The molecular formula is C22H19NO3. The Hall–Kier alpha value is -3.40. The van der Waals surface area contributed by atoms with E-state index in [9.17, 15) is 9.59 Å². The van der Waals surface area contributed by atoms with Crippen molar-refractivity contribution in [3.05, 3.63) is 84.1 Å². The van der Waals surface area contributed by atoms with Gasteiger partial charge in [-0.05, 0) is 29.8 Å². The highest BCUT2D eigenvalue weighted by Crippen LogP contribution is 2.23. The maximum atomic E-state index is 12.7. The first-order chi connectivity index (χ1) is 12.7. The van der Waals surface area contributed by atoms with Crippen LogP contribution in [-0.2, 0) is 9.53 Å². The number of ketones is 1. The van der Waals surface area contributed by atoms with E-state index in [1.165, 1.54) is 0 Å². The number of hydrogen-bond donors (Lipinski definition) is 1. The van der Waals surface area contributed by atoms with Crippen LogP contribution < -0.4 is 0 Å². The van der Waals surface area contributed by atoms with Gasteiger partial charge in [0.15, 0.2) is 5.78 Å². The van der Waals surface area contributed by atoms with Crippen molar-refractivity contribution in [2.45, 2.75) is 6.92 Å². The van der Waals surface area contributed by atoms with Crippen LogP contribution in [0, 0.1) is 0 Å². The summed E-state index contributed by atoms with van der Waals surface area (Å²) in [4.78, 5) is 25.1. The number of nitrogens with one attached hydrogen (secondary N) is 1. The van der Waals surface area contributed by atoms with Gasteiger partial charge < -0.3 is 9.72 Å². The lowest BCUT2D eigenvalue weighted by molar-refractivity contribution is -0.128. The molecule has 130 valence electrons. The summed E-state index contributed by atoms with van der Waals surface area (Å²) in [7, 11) is 0. The lowest BCUT2D eigenvalue weighted by Gasteiger charge is -2.02. The molecular weight excluding hydrogens is 326 g/mol. The summed E-state index contributed by atoms with van der Waals surface area (Å²) in [5.74, 6) is 0.0539. The van der Waals surface area contributed by atoms with Crippen molar-refractivity contribution in [1.29, 1.82) is 0 Å². The highest BCUT2D eigenvalue weighted by molar-refractivity contribution is 6.17. The number of rotatable bonds is 4. The lowest BCUT2D eigenvalue weighted by Crippen LogP contribution is -2.00. The summed E-state index contributed by atoms with van der Waals surface area (Å²) >= 11 is 0. The predicted octanol–water partition coefficient (Wildman–Crippen LogP) is 4.73. The number of carbonyl (C=O) groups is 2. The van der Waals surface area contributed by atoms with Gasteiger partial charge in [0.1, 0.15) is 0 Å². The molecule has 4 heteroatoms. The SMILES string of the molecule is CCOC=O.O=C(c1ccc2ccccc2c1)c1c[nH]c2ccccc12. The minimum atomic E-state index is 0.0539. The molecule has 0 aliphatic carbocycles. The Bertz CT molecular complexity index is 1050. The van der Waals surface area contributed by atoms with E-state index in [0.29, 0.717) is 13.1 Å². The molecule has 0 aliphatic heterocycles. The van der Waals surface area contributed by atoms with Crippen molar-refractivity contribution in [2.75, 3.05) is 6.61 Å². The zero-order valence-electron chi connectivity index (χ0n) is 14.4. The van der Waals surface area contributed by atoms with E-state index in [2.05, 4.69) is 15.8 Å². The second kappa shape index (κ2) is 8.12. The van der Waals surface area contributed by atoms with Crippen molar-refractivity contribution < 1.29 is 14.3 Å². The van der Waals surface area contributed by atoms with Crippen LogP contribution in [0.15, 0.2) is 72.9 Å². The highest BCUT2D eigenvalue weighted by atomic mass is 16.5. The van der Waals surface area contributed by atoms with Gasteiger partial charge in [0.05, 0.1) is 6.61 Å². The van der Waals surface area contributed by atoms with Crippen molar-refractivity contribution in [3.8, 4) is 0 Å². The number of ether oxygens (including phenoxy) is 1. The molecule has 0 bridgehead atoms. The maximum Gasteiger partial charge on any atom is 0.293 e. The molecule has 0 radical (unpaired) electrons. The van der Waals surface area contributed by atoms with Gasteiger partial charge in [-0.3, -0.25) is 9.59 Å². The Morgan fingerprint density at radius 2 is 1.73 bits per heavy atom. The number of carbonyl (C=O) groups excluding carboxylic acids is 2. The van der Waals surface area contributed by atoms with Crippen LogP contribution in [0.1, 0.15) is 22.8 Å². The van der Waals surface area contributed by atoms with Gasteiger partial charge in [0.2, 0.25) is 0 Å². The topological polar surface area (TPSA) is 59.2 Å². The summed E-state index contributed by atoms with van der Waals surface area (Å²) in [5, 5.41) is 3.20. The van der Waals surface area contributed by atoms with Gasteiger partial charge >= 0.3 is 0 Å². The molecule has 4 aromatic rings. The van der Waals surface area contributed by atoms with Crippen LogP contribution in [0.5, 0.6) is 0 Å². The maximum absolute atomic E-state index is 12.7. The summed E-state index contributed by atoms with van der Waals surface area (Å²) in [6.07, 6.45) is 1.79. The third kappa shape index (κ3) is 3.64. The zero-order chi connectivity index (χ0) is 18.4. The van der Waals surface area contributed by atoms with E-state index in [4.69, 9.17) is 0 Å². The third-order valence-corrected chi connectivity index (χ3v) is 4.08. The molecule has 0 fully saturated rings. The van der Waals surface area contributed by atoms with E-state index in [0.717, 1.165) is 32.8 Å². The molecule has 0 amide bonds. The number of aromatic amines is 1. The van der Waals surface area contributed by atoms with Crippen molar-refractivity contribution in [1.82, 2.24) is 4.98 Å². The number of hydrogen-bond acceptors (Lipinski definition) is 3. The van der Waals surface area contributed by atoms with E-state index < -0.39 is 0 Å². The van der Waals surface area contributed by atoms with Gasteiger partial charge in [-0.15, -0.1) is 0 Å². The summed E-state index contributed by atoms with van der Waals surface area (Å²) in [6.45, 7) is 2.66. The fraction of sp³-hybridized carbons (Fsp3) is 0.0909. The van der Waals surface area contributed by atoms with Crippen molar-refractivity contribution >= 4 is 33.9 Å². The van der Waals surface area contributed by atoms with Gasteiger partial charge in [-0.25, -0.2) is 0 Å². The minimum Gasteiger partial charge on any atom is -0.468 e. The highest BCUT2D eigenvalue weighted by Gasteiger charge is 2.14. The molecule has 0 unspecified atom stereocenters. The smallest absolute Gasteiger partial charge is 0.293 e. The van der Waals surface area contributed by atoms with Gasteiger partial charge in [-0.1, -0.05) is 54.6 Å². The fourth-order valence-corrected chi connectivity index (χ4v) is 2.81. The molecule has 1 aromatic heterocycles. The normalized spacial score (nSPS) is 10.2. The van der Waals surface area contributed by atoms with Crippen LogP contribution in [0.4, 0.5) is 0 Å². The molecule has 4 nitrogen and oxygen atoms in total. The predicted molar refractivity (Wildman–Crippen MR) is 103 cm³/mol. The number of para-hydroxylation sites is 1. The van der Waals surface area contributed by atoms with Crippen LogP contribution in [-0.4, -0.2) is 23.8 Å². The van der Waals surface area contributed by atoms with E-state index in [1.54, 1.807) is 13.1 Å². The average molecular weight is 345 g/mol. The molecule has 0 atom stereocenters. The van der Waals surface area contributed by atoms with E-state index in [-0.39, 0.29) is 5.78 Å². The van der Waals surface area contributed by atoms with Gasteiger partial charge in [0.25, 0.3) is 6.47 Å². The largest absolute Gasteiger partial charge is 0.468 e. The number of benzene rings is 3. The quantitative estimate of drug-likeness (QED) is 0.430. The number of aromatic nitrogens is 1. The Labute approximate surface area is 151 Å². The zero-order valence-corrected chi connectivity index (χ0v) is 14.4. The van der Waals surface area contributed by atoms with Gasteiger partial charge in [-0.2, -0.15) is 0 Å². The van der Waals surface area contributed by atoms with Crippen molar-refractivity contribution in [3.63, 3.8) is 0 Å². The monoisotopic (exact) mass is 345 g/mol. The second-order valence-corrected chi connectivity index (χ2v) is 5.69. The number of fused-ring (bicyclic) bond motifs is 2. The van der Waals surface area contributed by atoms with Crippen LogP contribution in [0.2, 0.25) is 0 Å². The Morgan fingerprint density at radius 3 is 2.46 bits per heavy atom. The number of H-pyrrole nitrogens is 1. The first kappa shape index (κ1) is 17.4. The summed E-state index contributed by atoms with van der Waals surface area (Å²) in [6, 6.07) is 21.8. The molecule has 0 saturated carbocycles. The standard InChI is InChI=1S/C19H13NO.C3H6O2/c21-19(17-12-20-18-8-4-3-7-16(17)18)15-10-9-13-5-1-2-6-14(13)11-15;1-2-5-3-4/h1-12,20H;3H,2H2,1H3. The van der Waals surface area contributed by atoms with E-state index >= 15 is 0 Å². The molecule has 0 spiro atoms. The fourth-order valence-electron chi connectivity index (χ4n) is 2.81. The molecule has 3 aromatic carbocycles. The van der Waals surface area contributed by atoms with Crippen molar-refractivity contribution in [2.24, 2.45) is 0 Å². The van der Waals surface area contributed by atoms with Crippen LogP contribution in [0.3, 0.4) is 0 Å². The molecule has 0 saturated heterocycles. The average Bonchev–Trinajstić information content (AvgIpc) is 3.12. The second-order valence-electron chi connectivity index (χ2n) is 5.69. The lowest BCUT2D eigenvalue weighted by atomic mass is 10.00. The third-order valence-electron chi connectivity index (χ3n) is 4.08. The Morgan fingerprint density at radius 1 is 1.00 bits per heavy atom.